The lowest BCUT2D eigenvalue weighted by molar-refractivity contribution is -0.154. The molecule has 4 rings (SSSR count). The van der Waals surface area contributed by atoms with Crippen molar-refractivity contribution >= 4 is 29.5 Å². The van der Waals surface area contributed by atoms with Crippen molar-refractivity contribution < 1.29 is 24.2 Å². The number of rotatable bonds is 11. The summed E-state index contributed by atoms with van der Waals surface area (Å²) in [5, 5.41) is 9.99. The Morgan fingerprint density at radius 1 is 1.31 bits per heavy atom. The van der Waals surface area contributed by atoms with Crippen LogP contribution in [0.2, 0.25) is 0 Å². The summed E-state index contributed by atoms with van der Waals surface area (Å²) >= 11 is 1.61. The highest BCUT2D eigenvalue weighted by atomic mass is 32.2. The van der Waals surface area contributed by atoms with Gasteiger partial charge < -0.3 is 19.6 Å². The highest BCUT2D eigenvalue weighted by Gasteiger charge is 2.77. The SMILES string of the molecule is C=CCCOC(=O)[C@@H]1[C@@H]2CC(C)C3(S2)C(C(=O)N(CC=C)Cc2ccccc2)N([C@H](C)CO)C(=O)[C@H]13. The normalized spacial score (nSPS) is 31.1. The molecule has 3 fully saturated rings. The molecule has 3 heterocycles. The Morgan fingerprint density at radius 3 is 2.67 bits per heavy atom. The minimum atomic E-state index is -0.781. The fourth-order valence-corrected chi connectivity index (χ4v) is 8.66. The molecule has 1 N–H and O–H groups in total. The van der Waals surface area contributed by atoms with Crippen molar-refractivity contribution in [2.45, 2.75) is 55.3 Å². The molecule has 0 radical (unpaired) electrons. The van der Waals surface area contributed by atoms with Gasteiger partial charge in [0.25, 0.3) is 0 Å². The van der Waals surface area contributed by atoms with E-state index in [0.717, 1.165) is 12.0 Å². The molecule has 3 aliphatic rings. The van der Waals surface area contributed by atoms with Crippen LogP contribution in [0.25, 0.3) is 0 Å². The van der Waals surface area contributed by atoms with Gasteiger partial charge in [-0.2, -0.15) is 0 Å². The van der Waals surface area contributed by atoms with Crippen LogP contribution in [0, 0.1) is 17.8 Å². The fourth-order valence-electron chi connectivity index (χ4n) is 6.27. The highest BCUT2D eigenvalue weighted by molar-refractivity contribution is 8.02. The Hall–Kier alpha value is -2.58. The molecule has 3 unspecified atom stereocenters. The zero-order chi connectivity index (χ0) is 26.0. The average molecular weight is 513 g/mol. The summed E-state index contributed by atoms with van der Waals surface area (Å²) in [5.41, 5.74) is 0.980. The third-order valence-electron chi connectivity index (χ3n) is 7.87. The van der Waals surface area contributed by atoms with Crippen LogP contribution in [0.3, 0.4) is 0 Å². The van der Waals surface area contributed by atoms with Crippen molar-refractivity contribution in [2.75, 3.05) is 19.8 Å². The summed E-state index contributed by atoms with van der Waals surface area (Å²) in [6.07, 6.45) is 4.66. The number of hydrogen-bond acceptors (Lipinski definition) is 6. The Kier molecular flexibility index (Phi) is 7.95. The number of benzene rings is 1. The topological polar surface area (TPSA) is 87.2 Å². The number of likely N-dealkylation sites (tertiary alicyclic amines) is 1. The minimum absolute atomic E-state index is 0.0471. The van der Waals surface area contributed by atoms with Crippen LogP contribution in [-0.4, -0.2) is 74.5 Å². The van der Waals surface area contributed by atoms with Crippen LogP contribution >= 0.6 is 11.8 Å². The lowest BCUT2D eigenvalue weighted by Gasteiger charge is -2.41. The number of fused-ring (bicyclic) bond motifs is 1. The molecule has 2 bridgehead atoms. The van der Waals surface area contributed by atoms with Crippen LogP contribution in [0.4, 0.5) is 0 Å². The summed E-state index contributed by atoms with van der Waals surface area (Å²) in [7, 11) is 0. The van der Waals surface area contributed by atoms with Crippen molar-refractivity contribution in [3.05, 3.63) is 61.2 Å². The second-order valence-electron chi connectivity index (χ2n) is 10.1. The smallest absolute Gasteiger partial charge is 0.310 e. The number of hydrogen-bond donors (Lipinski definition) is 1. The zero-order valence-corrected chi connectivity index (χ0v) is 21.9. The number of esters is 1. The van der Waals surface area contributed by atoms with Gasteiger partial charge in [0, 0.05) is 18.3 Å². The number of nitrogens with zero attached hydrogens (tertiary/aromatic N) is 2. The monoisotopic (exact) mass is 512 g/mol. The number of amides is 2. The standard InChI is InChI=1S/C28H36N2O5S/c1-5-7-14-35-27(34)22-21-15-18(3)28(36-21)23(22)25(32)30(19(4)17-31)24(28)26(33)29(13-6-2)16-20-11-9-8-10-12-20/h5-6,8-12,18-19,21-24,31H,1-2,7,13-17H2,3-4H3/t18?,19-,21+,22-,23+,24?,28?/m1/s1. The molecule has 3 saturated heterocycles. The number of carbonyl (C=O) groups excluding carboxylic acids is 3. The third kappa shape index (κ3) is 4.28. The lowest BCUT2D eigenvalue weighted by Crippen LogP contribution is -2.58. The van der Waals surface area contributed by atoms with Gasteiger partial charge in [-0.1, -0.05) is 49.4 Å². The predicted molar refractivity (Wildman–Crippen MR) is 140 cm³/mol. The van der Waals surface area contributed by atoms with Crippen molar-refractivity contribution in [2.24, 2.45) is 17.8 Å². The minimum Gasteiger partial charge on any atom is -0.465 e. The van der Waals surface area contributed by atoms with Crippen LogP contribution in [0.15, 0.2) is 55.6 Å². The molecule has 0 saturated carbocycles. The van der Waals surface area contributed by atoms with E-state index in [1.54, 1.807) is 40.6 Å². The summed E-state index contributed by atoms with van der Waals surface area (Å²) in [6, 6.07) is 8.38. The first-order chi connectivity index (χ1) is 17.3. The number of aliphatic hydroxyl groups is 1. The first-order valence-corrected chi connectivity index (χ1v) is 13.5. The van der Waals surface area contributed by atoms with E-state index < -0.39 is 28.7 Å². The van der Waals surface area contributed by atoms with Gasteiger partial charge in [-0.3, -0.25) is 14.4 Å². The summed E-state index contributed by atoms with van der Waals surface area (Å²) in [5.74, 6) is -1.99. The molecule has 7 nitrogen and oxygen atoms in total. The fraction of sp³-hybridized carbons (Fsp3) is 0.536. The molecule has 7 atom stereocenters. The first-order valence-electron chi connectivity index (χ1n) is 12.6. The molecule has 1 spiro atoms. The van der Waals surface area contributed by atoms with E-state index in [0.29, 0.717) is 19.5 Å². The van der Waals surface area contributed by atoms with Gasteiger partial charge in [0.2, 0.25) is 11.8 Å². The highest BCUT2D eigenvalue weighted by Crippen LogP contribution is 2.69. The summed E-state index contributed by atoms with van der Waals surface area (Å²) < 4.78 is 4.79. The Labute approximate surface area is 217 Å². The molecule has 1 aromatic rings. The van der Waals surface area contributed by atoms with Crippen molar-refractivity contribution in [1.29, 1.82) is 0 Å². The van der Waals surface area contributed by atoms with Crippen molar-refractivity contribution in [3.8, 4) is 0 Å². The average Bonchev–Trinajstić information content (AvgIpc) is 3.47. The van der Waals surface area contributed by atoms with Gasteiger partial charge in [0.1, 0.15) is 6.04 Å². The van der Waals surface area contributed by atoms with Crippen LogP contribution in [0.1, 0.15) is 32.3 Å². The number of aliphatic hydroxyl groups excluding tert-OH is 1. The molecular formula is C28H36N2O5S. The van der Waals surface area contributed by atoms with E-state index >= 15 is 0 Å². The maximum Gasteiger partial charge on any atom is 0.310 e. The second kappa shape index (κ2) is 10.8. The van der Waals surface area contributed by atoms with E-state index in [9.17, 15) is 19.5 Å². The van der Waals surface area contributed by atoms with Crippen molar-refractivity contribution in [1.82, 2.24) is 9.80 Å². The van der Waals surface area contributed by atoms with Gasteiger partial charge in [-0.15, -0.1) is 24.9 Å². The largest absolute Gasteiger partial charge is 0.465 e. The molecule has 2 amide bonds. The van der Waals surface area contributed by atoms with Crippen LogP contribution < -0.4 is 0 Å². The summed E-state index contributed by atoms with van der Waals surface area (Å²) in [4.78, 5) is 44.8. The number of carbonyl (C=O) groups is 3. The predicted octanol–water partition coefficient (Wildman–Crippen LogP) is 3.04. The van der Waals surface area contributed by atoms with Gasteiger partial charge in [-0.25, -0.2) is 0 Å². The van der Waals surface area contributed by atoms with E-state index in [1.165, 1.54) is 0 Å². The lowest BCUT2D eigenvalue weighted by atomic mass is 9.66. The first kappa shape index (κ1) is 26.5. The van der Waals surface area contributed by atoms with E-state index in [2.05, 4.69) is 20.1 Å². The number of thioether (sulfide) groups is 1. The molecule has 3 aliphatic heterocycles. The van der Waals surface area contributed by atoms with E-state index in [1.807, 2.05) is 30.3 Å². The zero-order valence-electron chi connectivity index (χ0n) is 21.0. The van der Waals surface area contributed by atoms with E-state index in [-0.39, 0.29) is 42.2 Å². The quantitative estimate of drug-likeness (QED) is 0.279. The van der Waals surface area contributed by atoms with Gasteiger partial charge in [0.05, 0.1) is 35.8 Å². The molecule has 194 valence electrons. The van der Waals surface area contributed by atoms with Gasteiger partial charge in [0.15, 0.2) is 0 Å². The number of ether oxygens (including phenoxy) is 1. The summed E-state index contributed by atoms with van der Waals surface area (Å²) in [6.45, 7) is 12.0. The molecule has 1 aromatic carbocycles. The molecule has 8 heteroatoms. The Balaban J connectivity index is 1.73. The van der Waals surface area contributed by atoms with Crippen molar-refractivity contribution in [3.63, 3.8) is 0 Å². The van der Waals surface area contributed by atoms with E-state index in [4.69, 9.17) is 4.74 Å². The Bertz CT molecular complexity index is 1020. The third-order valence-corrected chi connectivity index (χ3v) is 9.95. The van der Waals surface area contributed by atoms with Gasteiger partial charge >= 0.3 is 5.97 Å². The maximum absolute atomic E-state index is 14.3. The van der Waals surface area contributed by atoms with Crippen LogP contribution in [0.5, 0.6) is 0 Å². The molecule has 0 aliphatic carbocycles. The molecule has 0 aromatic heterocycles. The van der Waals surface area contributed by atoms with Crippen LogP contribution in [-0.2, 0) is 25.7 Å². The molecular weight excluding hydrogens is 476 g/mol. The Morgan fingerprint density at radius 2 is 2.03 bits per heavy atom. The van der Waals surface area contributed by atoms with Gasteiger partial charge in [-0.05, 0) is 31.2 Å². The maximum atomic E-state index is 14.3. The molecule has 36 heavy (non-hydrogen) atoms. The second-order valence-corrected chi connectivity index (χ2v) is 11.6.